The lowest BCUT2D eigenvalue weighted by atomic mass is 9.90. The maximum absolute atomic E-state index is 11.0. The van der Waals surface area contributed by atoms with Gasteiger partial charge in [0.15, 0.2) is 5.75 Å². The fourth-order valence-electron chi connectivity index (χ4n) is 3.03. The molecule has 0 aromatic heterocycles. The second-order valence-electron chi connectivity index (χ2n) is 5.46. The van der Waals surface area contributed by atoms with Crippen molar-refractivity contribution in [2.75, 3.05) is 24.6 Å². The SMILES string of the molecule is CCOc1cc(N2CCCC(C)C2CN)ccc1[N+](=O)[O-]. The molecule has 0 spiro atoms. The lowest BCUT2D eigenvalue weighted by Crippen LogP contribution is -2.48. The summed E-state index contributed by atoms with van der Waals surface area (Å²) < 4.78 is 5.43. The first-order chi connectivity index (χ1) is 10.1. The quantitative estimate of drug-likeness (QED) is 0.666. The van der Waals surface area contributed by atoms with Crippen molar-refractivity contribution in [2.24, 2.45) is 11.7 Å². The van der Waals surface area contributed by atoms with Crippen LogP contribution >= 0.6 is 0 Å². The molecule has 0 radical (unpaired) electrons. The molecule has 0 bridgehead atoms. The molecule has 1 aliphatic heterocycles. The summed E-state index contributed by atoms with van der Waals surface area (Å²) in [7, 11) is 0. The lowest BCUT2D eigenvalue weighted by molar-refractivity contribution is -0.385. The van der Waals surface area contributed by atoms with Crippen LogP contribution in [0.4, 0.5) is 11.4 Å². The largest absolute Gasteiger partial charge is 0.487 e. The van der Waals surface area contributed by atoms with Crippen molar-refractivity contribution in [1.29, 1.82) is 0 Å². The molecule has 1 aromatic rings. The number of nitro groups is 1. The van der Waals surface area contributed by atoms with Gasteiger partial charge in [0.05, 0.1) is 11.5 Å². The van der Waals surface area contributed by atoms with Crippen LogP contribution < -0.4 is 15.4 Å². The van der Waals surface area contributed by atoms with Crippen LogP contribution in [0.2, 0.25) is 0 Å². The minimum Gasteiger partial charge on any atom is -0.487 e. The number of hydrogen-bond acceptors (Lipinski definition) is 5. The summed E-state index contributed by atoms with van der Waals surface area (Å²) in [5, 5.41) is 11.0. The Morgan fingerprint density at radius 2 is 2.29 bits per heavy atom. The third-order valence-corrected chi connectivity index (χ3v) is 4.13. The summed E-state index contributed by atoms with van der Waals surface area (Å²) in [5.74, 6) is 0.850. The van der Waals surface area contributed by atoms with E-state index in [1.807, 2.05) is 6.92 Å². The predicted octanol–water partition coefficient (Wildman–Crippen LogP) is 2.56. The van der Waals surface area contributed by atoms with E-state index in [9.17, 15) is 10.1 Å². The number of ether oxygens (including phenoxy) is 1. The van der Waals surface area contributed by atoms with E-state index in [-0.39, 0.29) is 11.7 Å². The van der Waals surface area contributed by atoms with Gasteiger partial charge in [-0.3, -0.25) is 10.1 Å². The number of nitrogens with two attached hydrogens (primary N) is 1. The van der Waals surface area contributed by atoms with Crippen LogP contribution in [-0.4, -0.2) is 30.7 Å². The summed E-state index contributed by atoms with van der Waals surface area (Å²) in [4.78, 5) is 12.9. The Hall–Kier alpha value is -1.82. The molecule has 6 heteroatoms. The number of rotatable bonds is 5. The summed E-state index contributed by atoms with van der Waals surface area (Å²) in [6, 6.07) is 5.35. The average Bonchev–Trinajstić information content (AvgIpc) is 2.47. The fourth-order valence-corrected chi connectivity index (χ4v) is 3.03. The highest BCUT2D eigenvalue weighted by Crippen LogP contribution is 2.35. The third-order valence-electron chi connectivity index (χ3n) is 4.13. The average molecular weight is 293 g/mol. The molecule has 2 rings (SSSR count). The van der Waals surface area contributed by atoms with Gasteiger partial charge in [-0.25, -0.2) is 0 Å². The molecule has 1 aromatic carbocycles. The van der Waals surface area contributed by atoms with E-state index in [4.69, 9.17) is 10.5 Å². The second-order valence-corrected chi connectivity index (χ2v) is 5.46. The zero-order chi connectivity index (χ0) is 15.4. The van der Waals surface area contributed by atoms with Crippen molar-refractivity contribution in [2.45, 2.75) is 32.7 Å². The molecule has 1 heterocycles. The molecule has 1 aliphatic rings. The van der Waals surface area contributed by atoms with E-state index in [0.717, 1.165) is 18.7 Å². The summed E-state index contributed by atoms with van der Waals surface area (Å²) in [5.41, 5.74) is 6.87. The van der Waals surface area contributed by atoms with Crippen LogP contribution in [0.5, 0.6) is 5.75 Å². The summed E-state index contributed by atoms with van der Waals surface area (Å²) >= 11 is 0. The van der Waals surface area contributed by atoms with E-state index >= 15 is 0 Å². The minimum absolute atomic E-state index is 0.00922. The van der Waals surface area contributed by atoms with E-state index < -0.39 is 4.92 Å². The summed E-state index contributed by atoms with van der Waals surface area (Å²) in [6.45, 7) is 5.94. The molecule has 2 unspecified atom stereocenters. The van der Waals surface area contributed by atoms with Gasteiger partial charge in [0.2, 0.25) is 0 Å². The second kappa shape index (κ2) is 6.76. The highest BCUT2D eigenvalue weighted by atomic mass is 16.6. The maximum atomic E-state index is 11.0. The smallest absolute Gasteiger partial charge is 0.311 e. The third kappa shape index (κ3) is 3.26. The van der Waals surface area contributed by atoms with Crippen LogP contribution in [0.1, 0.15) is 26.7 Å². The van der Waals surface area contributed by atoms with Gasteiger partial charge in [0.1, 0.15) is 0 Å². The Kier molecular flexibility index (Phi) is 5.01. The molecule has 0 amide bonds. The number of piperidine rings is 1. The Morgan fingerprint density at radius 1 is 1.52 bits per heavy atom. The first-order valence-corrected chi connectivity index (χ1v) is 7.46. The van der Waals surface area contributed by atoms with Crippen LogP contribution in [0.3, 0.4) is 0 Å². The van der Waals surface area contributed by atoms with Crippen molar-refractivity contribution < 1.29 is 9.66 Å². The van der Waals surface area contributed by atoms with Gasteiger partial charge in [-0.15, -0.1) is 0 Å². The molecule has 1 fully saturated rings. The van der Waals surface area contributed by atoms with Crippen molar-refractivity contribution in [1.82, 2.24) is 0 Å². The Bertz CT molecular complexity index is 507. The predicted molar refractivity (Wildman–Crippen MR) is 82.9 cm³/mol. The topological polar surface area (TPSA) is 81.6 Å². The Morgan fingerprint density at radius 3 is 2.90 bits per heavy atom. The van der Waals surface area contributed by atoms with Crippen molar-refractivity contribution in [3.63, 3.8) is 0 Å². The maximum Gasteiger partial charge on any atom is 0.311 e. The molecule has 2 atom stereocenters. The number of anilines is 1. The van der Waals surface area contributed by atoms with E-state index in [1.54, 1.807) is 12.1 Å². The fraction of sp³-hybridized carbons (Fsp3) is 0.600. The number of nitro benzene ring substituents is 1. The first-order valence-electron chi connectivity index (χ1n) is 7.46. The summed E-state index contributed by atoms with van der Waals surface area (Å²) in [6.07, 6.45) is 2.28. The zero-order valence-electron chi connectivity index (χ0n) is 12.6. The van der Waals surface area contributed by atoms with Gasteiger partial charge >= 0.3 is 5.69 Å². The Labute approximate surface area is 125 Å². The molecule has 2 N–H and O–H groups in total. The molecule has 1 saturated heterocycles. The van der Waals surface area contributed by atoms with Gasteiger partial charge in [-0.1, -0.05) is 6.92 Å². The minimum atomic E-state index is -0.409. The van der Waals surface area contributed by atoms with E-state index in [1.165, 1.54) is 12.5 Å². The monoisotopic (exact) mass is 293 g/mol. The number of hydrogen-bond donors (Lipinski definition) is 1. The molecule has 6 nitrogen and oxygen atoms in total. The molecule has 116 valence electrons. The number of nitrogens with zero attached hydrogens (tertiary/aromatic N) is 2. The highest BCUT2D eigenvalue weighted by molar-refractivity contribution is 5.60. The van der Waals surface area contributed by atoms with Crippen LogP contribution in [0.25, 0.3) is 0 Å². The Balaban J connectivity index is 2.34. The molecule has 21 heavy (non-hydrogen) atoms. The molecule has 0 saturated carbocycles. The van der Waals surface area contributed by atoms with Crippen LogP contribution in [0, 0.1) is 16.0 Å². The lowest BCUT2D eigenvalue weighted by Gasteiger charge is -2.41. The normalized spacial score (nSPS) is 22.1. The van der Waals surface area contributed by atoms with E-state index in [0.29, 0.717) is 24.8 Å². The first kappa shape index (κ1) is 15.6. The van der Waals surface area contributed by atoms with E-state index in [2.05, 4.69) is 11.8 Å². The molecule has 0 aliphatic carbocycles. The molecular formula is C15H23N3O3. The van der Waals surface area contributed by atoms with Gasteiger partial charge in [0, 0.05) is 37.0 Å². The van der Waals surface area contributed by atoms with Crippen LogP contribution in [0.15, 0.2) is 18.2 Å². The van der Waals surface area contributed by atoms with Crippen molar-refractivity contribution in [3.8, 4) is 5.75 Å². The van der Waals surface area contributed by atoms with Gasteiger partial charge < -0.3 is 15.4 Å². The van der Waals surface area contributed by atoms with Crippen LogP contribution in [-0.2, 0) is 0 Å². The van der Waals surface area contributed by atoms with Crippen molar-refractivity contribution >= 4 is 11.4 Å². The zero-order valence-corrected chi connectivity index (χ0v) is 12.6. The standard InChI is InChI=1S/C15H23N3O3/c1-3-21-15-9-12(6-7-13(15)18(19)20)17-8-4-5-11(2)14(17)10-16/h6-7,9,11,14H,3-5,8,10,16H2,1-2H3. The van der Waals surface area contributed by atoms with Crippen molar-refractivity contribution in [3.05, 3.63) is 28.3 Å². The number of benzene rings is 1. The highest BCUT2D eigenvalue weighted by Gasteiger charge is 2.28. The van der Waals surface area contributed by atoms with Gasteiger partial charge in [-0.05, 0) is 31.7 Å². The molecular weight excluding hydrogens is 270 g/mol. The van der Waals surface area contributed by atoms with Gasteiger partial charge in [0.25, 0.3) is 0 Å². The van der Waals surface area contributed by atoms with Gasteiger partial charge in [-0.2, -0.15) is 0 Å².